The summed E-state index contributed by atoms with van der Waals surface area (Å²) in [4.78, 5) is 24.2. The van der Waals surface area contributed by atoms with Crippen LogP contribution >= 0.6 is 11.3 Å². The van der Waals surface area contributed by atoms with Gasteiger partial charge in [-0.15, -0.1) is 11.3 Å². The highest BCUT2D eigenvalue weighted by molar-refractivity contribution is 7.15. The number of thiazole rings is 1. The number of ether oxygens (including phenoxy) is 1. The molecule has 4 rings (SSSR count). The van der Waals surface area contributed by atoms with Gasteiger partial charge in [-0.25, -0.2) is 14.4 Å². The molecule has 1 fully saturated rings. The first kappa shape index (κ1) is 24.1. The Morgan fingerprint density at radius 1 is 1.21 bits per heavy atom. The lowest BCUT2D eigenvalue weighted by atomic mass is 9.91. The van der Waals surface area contributed by atoms with Crippen molar-refractivity contribution < 1.29 is 27.1 Å². The molecule has 1 saturated heterocycles. The number of nitrogens with zero attached hydrogens (tertiary/aromatic N) is 3. The molecule has 0 saturated carbocycles. The number of aromatic nitrogens is 2. The van der Waals surface area contributed by atoms with Crippen molar-refractivity contribution in [2.24, 2.45) is 5.92 Å². The smallest absolute Gasteiger partial charge is 0.417 e. The van der Waals surface area contributed by atoms with E-state index in [2.05, 4.69) is 9.97 Å². The minimum Gasteiger partial charge on any atom is -0.475 e. The molecule has 0 aliphatic carbocycles. The molecule has 3 aromatic rings. The molecule has 0 radical (unpaired) electrons. The fourth-order valence-electron chi connectivity index (χ4n) is 4.06. The van der Waals surface area contributed by atoms with E-state index in [1.807, 2.05) is 13.8 Å². The third kappa shape index (κ3) is 5.22. The average Bonchev–Trinajstić information content (AvgIpc) is 3.19. The number of piperidine rings is 1. The van der Waals surface area contributed by atoms with Gasteiger partial charge in [0.05, 0.1) is 21.5 Å². The number of benzene rings is 1. The summed E-state index contributed by atoms with van der Waals surface area (Å²) >= 11 is 1.37. The molecule has 1 aromatic carbocycles. The highest BCUT2D eigenvalue weighted by Gasteiger charge is 2.35. The predicted octanol–water partition coefficient (Wildman–Crippen LogP) is 5.99. The number of pyridine rings is 1. The van der Waals surface area contributed by atoms with Gasteiger partial charge in [-0.2, -0.15) is 13.2 Å². The number of likely N-dealkylation sites (tertiary alicyclic amines) is 1. The quantitative estimate of drug-likeness (QED) is 0.410. The maximum Gasteiger partial charge on any atom is 0.417 e. The lowest BCUT2D eigenvalue weighted by Gasteiger charge is -2.39. The maximum atomic E-state index is 13.6. The lowest BCUT2D eigenvalue weighted by molar-refractivity contribution is -0.137. The second kappa shape index (κ2) is 9.69. The minimum absolute atomic E-state index is 0.0645. The fourth-order valence-corrected chi connectivity index (χ4v) is 4.98. The van der Waals surface area contributed by atoms with Gasteiger partial charge in [0, 0.05) is 18.8 Å². The van der Waals surface area contributed by atoms with Crippen LogP contribution in [0.4, 0.5) is 17.6 Å². The Labute approximate surface area is 198 Å². The third-order valence-electron chi connectivity index (χ3n) is 5.89. The van der Waals surface area contributed by atoms with Crippen LogP contribution < -0.4 is 4.74 Å². The summed E-state index contributed by atoms with van der Waals surface area (Å²) < 4.78 is 57.4. The van der Waals surface area contributed by atoms with Crippen LogP contribution in [-0.2, 0) is 6.18 Å². The Kier molecular flexibility index (Phi) is 6.88. The standard InChI is InChI=1S/C24H23F4N3O2S/c1-14-4-3-11-31(19(14)13-33-20-10-7-17(12-29-20)24(26,27)28)23(32)21-22(34-15(2)30-21)16-5-8-18(25)9-6-16/h5-10,12,14,19H,3-4,11,13H2,1-2H3/t14-,19-/m0/s1. The van der Waals surface area contributed by atoms with Gasteiger partial charge < -0.3 is 9.64 Å². The topological polar surface area (TPSA) is 55.3 Å². The van der Waals surface area contributed by atoms with Crippen molar-refractivity contribution in [3.63, 3.8) is 0 Å². The predicted molar refractivity (Wildman–Crippen MR) is 120 cm³/mol. The maximum absolute atomic E-state index is 13.6. The molecule has 1 amide bonds. The van der Waals surface area contributed by atoms with Crippen LogP contribution in [0.1, 0.15) is 40.8 Å². The summed E-state index contributed by atoms with van der Waals surface area (Å²) in [6, 6.07) is 7.73. The van der Waals surface area contributed by atoms with E-state index < -0.39 is 11.7 Å². The lowest BCUT2D eigenvalue weighted by Crippen LogP contribution is -2.50. The van der Waals surface area contributed by atoms with Gasteiger partial charge in [-0.3, -0.25) is 4.79 Å². The summed E-state index contributed by atoms with van der Waals surface area (Å²) in [5.74, 6) is -0.433. The van der Waals surface area contributed by atoms with Gasteiger partial charge in [0.15, 0.2) is 0 Å². The van der Waals surface area contributed by atoms with Crippen LogP contribution in [0.5, 0.6) is 5.88 Å². The highest BCUT2D eigenvalue weighted by Crippen LogP contribution is 2.34. The number of amides is 1. The largest absolute Gasteiger partial charge is 0.475 e. The Hall–Kier alpha value is -3.01. The molecule has 180 valence electrons. The van der Waals surface area contributed by atoms with Crippen molar-refractivity contribution in [3.8, 4) is 16.3 Å². The second-order valence-corrected chi connectivity index (χ2v) is 9.50. The number of aryl methyl sites for hydroxylation is 1. The first-order valence-corrected chi connectivity index (χ1v) is 11.7. The van der Waals surface area contributed by atoms with Crippen molar-refractivity contribution in [2.75, 3.05) is 13.2 Å². The molecule has 0 unspecified atom stereocenters. The van der Waals surface area contributed by atoms with Crippen LogP contribution in [0.3, 0.4) is 0 Å². The van der Waals surface area contributed by atoms with E-state index in [0.29, 0.717) is 22.7 Å². The third-order valence-corrected chi connectivity index (χ3v) is 6.91. The second-order valence-electron chi connectivity index (χ2n) is 8.30. The van der Waals surface area contributed by atoms with Crippen molar-refractivity contribution in [1.29, 1.82) is 0 Å². The van der Waals surface area contributed by atoms with E-state index in [9.17, 15) is 22.4 Å². The molecule has 10 heteroatoms. The molecule has 2 aromatic heterocycles. The molecule has 0 spiro atoms. The van der Waals surface area contributed by atoms with E-state index in [1.165, 1.54) is 29.5 Å². The molecule has 1 aliphatic heterocycles. The molecule has 0 N–H and O–H groups in total. The number of alkyl halides is 3. The van der Waals surface area contributed by atoms with E-state index in [-0.39, 0.29) is 36.2 Å². The molecule has 3 heterocycles. The zero-order valence-electron chi connectivity index (χ0n) is 18.6. The Balaban J connectivity index is 1.54. The molecule has 0 bridgehead atoms. The number of carbonyl (C=O) groups is 1. The van der Waals surface area contributed by atoms with E-state index in [4.69, 9.17) is 4.74 Å². The Morgan fingerprint density at radius 3 is 2.59 bits per heavy atom. The van der Waals surface area contributed by atoms with Crippen molar-refractivity contribution in [3.05, 3.63) is 64.7 Å². The van der Waals surface area contributed by atoms with Crippen LogP contribution in [0, 0.1) is 18.7 Å². The summed E-state index contributed by atoms with van der Waals surface area (Å²) in [6.45, 7) is 4.43. The molecule has 5 nitrogen and oxygen atoms in total. The van der Waals surface area contributed by atoms with Gasteiger partial charge >= 0.3 is 6.18 Å². The van der Waals surface area contributed by atoms with E-state index in [0.717, 1.165) is 30.1 Å². The SMILES string of the molecule is Cc1nc(C(=O)N2CCC[C@H](C)[C@@H]2COc2ccc(C(F)(F)F)cn2)c(-c2ccc(F)cc2)s1. The fraction of sp³-hybridized carbons (Fsp3) is 0.375. The average molecular weight is 494 g/mol. The van der Waals surface area contributed by atoms with Gasteiger partial charge in [-0.05, 0) is 49.4 Å². The summed E-state index contributed by atoms with van der Waals surface area (Å²) in [7, 11) is 0. The van der Waals surface area contributed by atoms with Gasteiger partial charge in [0.2, 0.25) is 5.88 Å². The molecule has 2 atom stereocenters. The van der Waals surface area contributed by atoms with Crippen molar-refractivity contribution >= 4 is 17.2 Å². The molecule has 34 heavy (non-hydrogen) atoms. The van der Waals surface area contributed by atoms with Crippen LogP contribution in [0.25, 0.3) is 10.4 Å². The number of rotatable bonds is 5. The molecular weight excluding hydrogens is 470 g/mol. The molecule has 1 aliphatic rings. The number of halogens is 4. The number of hydrogen-bond donors (Lipinski definition) is 0. The first-order valence-electron chi connectivity index (χ1n) is 10.8. The van der Waals surface area contributed by atoms with E-state index >= 15 is 0 Å². The minimum atomic E-state index is -4.47. The summed E-state index contributed by atoms with van der Waals surface area (Å²) in [6.07, 6.45) is -2.04. The Morgan fingerprint density at radius 2 is 1.94 bits per heavy atom. The van der Waals surface area contributed by atoms with Crippen LogP contribution in [0.2, 0.25) is 0 Å². The molecular formula is C24H23F4N3O2S. The van der Waals surface area contributed by atoms with Gasteiger partial charge in [0.1, 0.15) is 18.1 Å². The zero-order valence-corrected chi connectivity index (χ0v) is 19.4. The number of hydrogen-bond acceptors (Lipinski definition) is 5. The summed E-state index contributed by atoms with van der Waals surface area (Å²) in [5.41, 5.74) is 0.165. The van der Waals surface area contributed by atoms with Crippen molar-refractivity contribution in [2.45, 2.75) is 38.9 Å². The Bertz CT molecular complexity index is 1150. The van der Waals surface area contributed by atoms with E-state index in [1.54, 1.807) is 17.0 Å². The van der Waals surface area contributed by atoms with Crippen LogP contribution in [-0.4, -0.2) is 40.0 Å². The van der Waals surface area contributed by atoms with Gasteiger partial charge in [-0.1, -0.05) is 19.1 Å². The first-order chi connectivity index (χ1) is 16.1. The van der Waals surface area contributed by atoms with Crippen LogP contribution in [0.15, 0.2) is 42.6 Å². The summed E-state index contributed by atoms with van der Waals surface area (Å²) in [5, 5.41) is 0.717. The number of carbonyl (C=O) groups excluding carboxylic acids is 1. The monoisotopic (exact) mass is 493 g/mol. The van der Waals surface area contributed by atoms with Crippen molar-refractivity contribution in [1.82, 2.24) is 14.9 Å². The van der Waals surface area contributed by atoms with Gasteiger partial charge in [0.25, 0.3) is 5.91 Å². The highest BCUT2D eigenvalue weighted by atomic mass is 32.1. The normalized spacial score (nSPS) is 18.7. The zero-order chi connectivity index (χ0) is 24.5.